The summed E-state index contributed by atoms with van der Waals surface area (Å²) in [6.07, 6.45) is -2.97. The van der Waals surface area contributed by atoms with Gasteiger partial charge in [-0.15, -0.1) is 0 Å². The molecule has 1 nitrogen and oxygen atoms in total. The van der Waals surface area contributed by atoms with E-state index >= 15 is 0 Å². The summed E-state index contributed by atoms with van der Waals surface area (Å²) in [5.41, 5.74) is 0. The highest BCUT2D eigenvalue weighted by molar-refractivity contribution is 4.58. The predicted octanol–water partition coefficient (Wildman–Crippen LogP) is 2.91. The maximum absolute atomic E-state index is 12.7. The second kappa shape index (κ2) is 4.00. The molecular weight excluding hydrogens is 150 g/mol. The fraction of sp³-hybridized carbons (Fsp3) is 1.00. The lowest BCUT2D eigenvalue weighted by atomic mass is 10.2. The van der Waals surface area contributed by atoms with E-state index in [0.717, 1.165) is 0 Å². The van der Waals surface area contributed by atoms with Gasteiger partial charge in [0.25, 0.3) is 0 Å². The van der Waals surface area contributed by atoms with Crippen molar-refractivity contribution < 1.29 is 13.5 Å². The van der Waals surface area contributed by atoms with Crippen LogP contribution in [0.15, 0.2) is 0 Å². The molecule has 0 unspecified atom stereocenters. The van der Waals surface area contributed by atoms with Crippen LogP contribution in [-0.2, 0) is 4.74 Å². The molecule has 0 spiro atoms. The minimum atomic E-state index is -2.97. The molecule has 0 saturated heterocycles. The molecule has 0 N–H and O–H groups in total. The van der Waals surface area contributed by atoms with Gasteiger partial charge in [0.15, 0.2) is 0 Å². The van der Waals surface area contributed by atoms with Gasteiger partial charge in [0.05, 0.1) is 6.61 Å². The molecule has 0 heterocycles. The minimum absolute atomic E-state index is 0.116. The molecule has 0 aliphatic rings. The predicted molar refractivity (Wildman–Crippen MR) is 40.6 cm³/mol. The van der Waals surface area contributed by atoms with Crippen LogP contribution in [0.3, 0.4) is 0 Å². The van der Waals surface area contributed by atoms with Crippen LogP contribution >= 0.6 is 0 Å². The number of rotatable bonds is 4. The Morgan fingerprint density at radius 2 is 1.64 bits per heavy atom. The van der Waals surface area contributed by atoms with Crippen LogP contribution in [0, 0.1) is 11.8 Å². The zero-order valence-electron chi connectivity index (χ0n) is 7.53. The van der Waals surface area contributed by atoms with E-state index in [-0.39, 0.29) is 12.5 Å². The zero-order chi connectivity index (χ0) is 9.07. The monoisotopic (exact) mass is 166 g/mol. The fourth-order valence-electron chi connectivity index (χ4n) is 0.444. The first-order chi connectivity index (χ1) is 4.86. The summed E-state index contributed by atoms with van der Waals surface area (Å²) in [7, 11) is 0. The van der Waals surface area contributed by atoms with E-state index in [4.69, 9.17) is 0 Å². The van der Waals surface area contributed by atoms with Crippen molar-refractivity contribution in [3.63, 3.8) is 0 Å². The third kappa shape index (κ3) is 4.30. The molecule has 0 amide bonds. The highest BCUT2D eigenvalue weighted by atomic mass is 19.3. The van der Waals surface area contributed by atoms with Gasteiger partial charge in [-0.1, -0.05) is 27.7 Å². The molecule has 0 aliphatic carbocycles. The van der Waals surface area contributed by atoms with E-state index in [1.807, 2.05) is 13.8 Å². The van der Waals surface area contributed by atoms with E-state index in [2.05, 4.69) is 4.74 Å². The second-order valence-corrected chi connectivity index (χ2v) is 3.42. The number of hydrogen-bond donors (Lipinski definition) is 0. The van der Waals surface area contributed by atoms with Crippen molar-refractivity contribution >= 4 is 0 Å². The molecule has 0 saturated carbocycles. The van der Waals surface area contributed by atoms with Crippen LogP contribution in [0.4, 0.5) is 8.78 Å². The largest absolute Gasteiger partial charge is 0.357 e. The van der Waals surface area contributed by atoms with Crippen molar-refractivity contribution in [3.05, 3.63) is 0 Å². The molecule has 0 fully saturated rings. The van der Waals surface area contributed by atoms with E-state index in [9.17, 15) is 8.78 Å². The summed E-state index contributed by atoms with van der Waals surface area (Å²) in [6, 6.07) is 0. The molecule has 0 aromatic heterocycles. The lowest BCUT2D eigenvalue weighted by Crippen LogP contribution is -2.29. The smallest absolute Gasteiger partial charge is 0.320 e. The van der Waals surface area contributed by atoms with E-state index in [1.165, 1.54) is 13.8 Å². The van der Waals surface area contributed by atoms with Gasteiger partial charge in [0.2, 0.25) is 0 Å². The van der Waals surface area contributed by atoms with Gasteiger partial charge in [0, 0.05) is 5.92 Å². The Balaban J connectivity index is 3.73. The van der Waals surface area contributed by atoms with Crippen molar-refractivity contribution in [2.24, 2.45) is 11.8 Å². The molecular formula is C8H16F2O. The normalized spacial score (nSPS) is 13.1. The van der Waals surface area contributed by atoms with Crippen LogP contribution in [0.25, 0.3) is 0 Å². The van der Waals surface area contributed by atoms with Gasteiger partial charge in [-0.25, -0.2) is 0 Å². The maximum atomic E-state index is 12.7. The van der Waals surface area contributed by atoms with Crippen molar-refractivity contribution in [3.8, 4) is 0 Å². The van der Waals surface area contributed by atoms with Crippen molar-refractivity contribution in [1.29, 1.82) is 0 Å². The minimum Gasteiger partial charge on any atom is -0.320 e. The topological polar surface area (TPSA) is 9.23 Å². The van der Waals surface area contributed by atoms with Crippen molar-refractivity contribution in [2.75, 3.05) is 6.61 Å². The van der Waals surface area contributed by atoms with Gasteiger partial charge in [-0.2, -0.15) is 8.78 Å². The third-order valence-electron chi connectivity index (χ3n) is 1.28. The van der Waals surface area contributed by atoms with Gasteiger partial charge < -0.3 is 4.74 Å². The Bertz CT molecular complexity index is 111. The third-order valence-corrected chi connectivity index (χ3v) is 1.28. The Kier molecular flexibility index (Phi) is 3.93. The van der Waals surface area contributed by atoms with Gasteiger partial charge >= 0.3 is 6.11 Å². The number of halogens is 2. The molecule has 68 valence electrons. The summed E-state index contributed by atoms with van der Waals surface area (Å²) in [4.78, 5) is 0. The average molecular weight is 166 g/mol. The molecule has 0 atom stereocenters. The Morgan fingerprint density at radius 1 is 1.18 bits per heavy atom. The number of alkyl halides is 2. The van der Waals surface area contributed by atoms with Gasteiger partial charge in [-0.3, -0.25) is 0 Å². The summed E-state index contributed by atoms with van der Waals surface area (Å²) in [6.45, 7) is 6.69. The summed E-state index contributed by atoms with van der Waals surface area (Å²) in [5.74, 6) is -0.596. The summed E-state index contributed by atoms with van der Waals surface area (Å²) >= 11 is 0. The van der Waals surface area contributed by atoms with Crippen LogP contribution in [-0.4, -0.2) is 12.7 Å². The molecule has 0 bridgehead atoms. The molecule has 11 heavy (non-hydrogen) atoms. The lowest BCUT2D eigenvalue weighted by Gasteiger charge is -2.21. The Morgan fingerprint density at radius 3 is 1.91 bits per heavy atom. The van der Waals surface area contributed by atoms with Crippen LogP contribution in [0.5, 0.6) is 0 Å². The summed E-state index contributed by atoms with van der Waals surface area (Å²) in [5, 5.41) is 0. The molecule has 0 radical (unpaired) electrons. The first-order valence-corrected chi connectivity index (χ1v) is 3.88. The molecule has 0 aliphatic heterocycles. The van der Waals surface area contributed by atoms with Crippen molar-refractivity contribution in [1.82, 2.24) is 0 Å². The summed E-state index contributed by atoms with van der Waals surface area (Å²) < 4.78 is 29.8. The molecule has 0 rings (SSSR count). The van der Waals surface area contributed by atoms with Gasteiger partial charge in [0.1, 0.15) is 0 Å². The lowest BCUT2D eigenvalue weighted by molar-refractivity contribution is -0.268. The van der Waals surface area contributed by atoms with Crippen molar-refractivity contribution in [2.45, 2.75) is 33.8 Å². The molecule has 0 aromatic carbocycles. The highest BCUT2D eigenvalue weighted by Crippen LogP contribution is 2.25. The van der Waals surface area contributed by atoms with Crippen LogP contribution in [0.2, 0.25) is 0 Å². The highest BCUT2D eigenvalue weighted by Gasteiger charge is 2.34. The Labute approximate surface area is 66.7 Å². The van der Waals surface area contributed by atoms with E-state index < -0.39 is 12.0 Å². The second-order valence-electron chi connectivity index (χ2n) is 3.42. The van der Waals surface area contributed by atoms with Crippen LogP contribution in [0.1, 0.15) is 27.7 Å². The molecule has 0 aromatic rings. The first-order valence-electron chi connectivity index (χ1n) is 3.88. The number of hydrogen-bond acceptors (Lipinski definition) is 1. The zero-order valence-corrected chi connectivity index (χ0v) is 7.53. The van der Waals surface area contributed by atoms with Gasteiger partial charge in [-0.05, 0) is 5.92 Å². The maximum Gasteiger partial charge on any atom is 0.357 e. The SMILES string of the molecule is CC(C)COC(F)(F)C(C)C. The standard InChI is InChI=1S/C8H16F2O/c1-6(2)5-11-8(9,10)7(3)4/h6-7H,5H2,1-4H3. The number of ether oxygens (including phenoxy) is 1. The Hall–Kier alpha value is -0.180. The van der Waals surface area contributed by atoms with E-state index in [1.54, 1.807) is 0 Å². The quantitative estimate of drug-likeness (QED) is 0.624. The average Bonchev–Trinajstić information content (AvgIpc) is 1.84. The van der Waals surface area contributed by atoms with E-state index in [0.29, 0.717) is 0 Å². The first kappa shape index (κ1) is 10.8. The van der Waals surface area contributed by atoms with Crippen LogP contribution < -0.4 is 0 Å². The molecule has 3 heteroatoms. The fourth-order valence-corrected chi connectivity index (χ4v) is 0.444.